The molecule has 106 valence electrons. The van der Waals surface area contributed by atoms with Gasteiger partial charge < -0.3 is 20.9 Å². The molecule has 0 aliphatic carbocycles. The molecule has 5 nitrogen and oxygen atoms in total. The van der Waals surface area contributed by atoms with E-state index in [0.717, 1.165) is 0 Å². The molecule has 0 spiro atoms. The molecular formula is C13H19FN2O3. The minimum Gasteiger partial charge on any atom is -0.493 e. The van der Waals surface area contributed by atoms with Crippen LogP contribution in [0.2, 0.25) is 0 Å². The number of hydrogen-bond donors (Lipinski definition) is 3. The Morgan fingerprint density at radius 1 is 1.53 bits per heavy atom. The second-order valence-corrected chi connectivity index (χ2v) is 4.47. The van der Waals surface area contributed by atoms with Crippen molar-refractivity contribution < 1.29 is 19.0 Å². The zero-order valence-electron chi connectivity index (χ0n) is 11.0. The Hall–Kier alpha value is -1.82. The number of carboxylic acid groups (broad SMARTS) is 1. The van der Waals surface area contributed by atoms with Crippen molar-refractivity contribution in [2.24, 2.45) is 5.73 Å². The number of amides is 1. The first-order valence-corrected chi connectivity index (χ1v) is 6.07. The lowest BCUT2D eigenvalue weighted by molar-refractivity contribution is 0.190. The molecule has 6 heteroatoms. The van der Waals surface area contributed by atoms with E-state index in [1.165, 1.54) is 18.2 Å². The summed E-state index contributed by atoms with van der Waals surface area (Å²) < 4.78 is 18.8. The highest BCUT2D eigenvalue weighted by molar-refractivity contribution is 5.65. The molecule has 0 saturated heterocycles. The molecule has 1 rings (SSSR count). The van der Waals surface area contributed by atoms with Crippen LogP contribution in [0.25, 0.3) is 0 Å². The Balaban J connectivity index is 2.81. The fourth-order valence-corrected chi connectivity index (χ4v) is 1.61. The van der Waals surface area contributed by atoms with E-state index in [-0.39, 0.29) is 6.04 Å². The monoisotopic (exact) mass is 270 g/mol. The summed E-state index contributed by atoms with van der Waals surface area (Å²) >= 11 is 0. The number of halogens is 1. The second kappa shape index (κ2) is 6.94. The molecule has 0 aliphatic heterocycles. The van der Waals surface area contributed by atoms with E-state index in [1.807, 2.05) is 6.92 Å². The van der Waals surface area contributed by atoms with Gasteiger partial charge in [-0.2, -0.15) is 0 Å². The number of carbonyl (C=O) groups is 1. The fraction of sp³-hybridized carbons (Fsp3) is 0.462. The van der Waals surface area contributed by atoms with Crippen LogP contribution >= 0.6 is 0 Å². The van der Waals surface area contributed by atoms with Gasteiger partial charge in [0.25, 0.3) is 0 Å². The molecule has 4 N–H and O–H groups in total. The lowest BCUT2D eigenvalue weighted by atomic mass is 10.1. The summed E-state index contributed by atoms with van der Waals surface area (Å²) in [4.78, 5) is 10.6. The van der Waals surface area contributed by atoms with Crippen LogP contribution in [0, 0.1) is 5.82 Å². The molecule has 1 unspecified atom stereocenters. The quantitative estimate of drug-likeness (QED) is 0.740. The summed E-state index contributed by atoms with van der Waals surface area (Å²) in [6.45, 7) is 3.89. The third kappa shape index (κ3) is 5.13. The van der Waals surface area contributed by atoms with Crippen LogP contribution in [-0.2, 0) is 0 Å². The highest BCUT2D eigenvalue weighted by Crippen LogP contribution is 2.26. The smallest absolute Gasteiger partial charge is 0.405 e. The first kappa shape index (κ1) is 15.2. The van der Waals surface area contributed by atoms with Gasteiger partial charge in [0.2, 0.25) is 0 Å². The summed E-state index contributed by atoms with van der Waals surface area (Å²) in [6.07, 6.45) is -0.504. The largest absolute Gasteiger partial charge is 0.493 e. The molecule has 2 atom stereocenters. The zero-order valence-corrected chi connectivity index (χ0v) is 11.0. The van der Waals surface area contributed by atoms with E-state index < -0.39 is 18.0 Å². The molecule has 1 amide bonds. The topological polar surface area (TPSA) is 84.6 Å². The van der Waals surface area contributed by atoms with E-state index >= 15 is 0 Å². The Morgan fingerprint density at radius 3 is 2.79 bits per heavy atom. The molecule has 0 saturated carbocycles. The van der Waals surface area contributed by atoms with Gasteiger partial charge in [-0.25, -0.2) is 9.18 Å². The van der Waals surface area contributed by atoms with Gasteiger partial charge in [0.1, 0.15) is 11.6 Å². The first-order chi connectivity index (χ1) is 8.90. The van der Waals surface area contributed by atoms with Crippen LogP contribution in [0.3, 0.4) is 0 Å². The molecule has 1 aromatic rings. The van der Waals surface area contributed by atoms with Crippen molar-refractivity contribution in [2.45, 2.75) is 32.4 Å². The Bertz CT molecular complexity index is 438. The standard InChI is InChI=1S/C13H19FN2O3/c1-8(15)5-6-19-12-4-3-10(14)7-11(12)9(2)16-13(17)18/h3-4,7-9,16H,5-6,15H2,1-2H3,(H,17,18)/t8?,9-/m1/s1. The van der Waals surface area contributed by atoms with Crippen LogP contribution in [0.1, 0.15) is 31.9 Å². The van der Waals surface area contributed by atoms with Crippen LogP contribution in [0.15, 0.2) is 18.2 Å². The maximum Gasteiger partial charge on any atom is 0.405 e. The Labute approximate surface area is 111 Å². The Kier molecular flexibility index (Phi) is 5.57. The van der Waals surface area contributed by atoms with E-state index in [2.05, 4.69) is 5.32 Å². The molecule has 0 bridgehead atoms. The third-order valence-corrected chi connectivity index (χ3v) is 2.61. The second-order valence-electron chi connectivity index (χ2n) is 4.47. The summed E-state index contributed by atoms with van der Waals surface area (Å²) in [5, 5.41) is 11.0. The highest BCUT2D eigenvalue weighted by atomic mass is 19.1. The molecule has 0 fully saturated rings. The third-order valence-electron chi connectivity index (χ3n) is 2.61. The maximum atomic E-state index is 13.2. The normalized spacial score (nSPS) is 13.7. The summed E-state index contributed by atoms with van der Waals surface area (Å²) in [5.74, 6) is 0.0249. The van der Waals surface area contributed by atoms with E-state index in [1.54, 1.807) is 6.92 Å². The van der Waals surface area contributed by atoms with Gasteiger partial charge in [-0.1, -0.05) is 0 Å². The summed E-state index contributed by atoms with van der Waals surface area (Å²) in [6, 6.07) is 3.49. The molecule has 1 aromatic carbocycles. The van der Waals surface area contributed by atoms with Crippen molar-refractivity contribution in [3.8, 4) is 5.75 Å². The predicted octanol–water partition coefficient (Wildman–Crippen LogP) is 2.27. The number of ether oxygens (including phenoxy) is 1. The molecule has 19 heavy (non-hydrogen) atoms. The van der Waals surface area contributed by atoms with Gasteiger partial charge in [0.05, 0.1) is 12.6 Å². The molecule has 0 aromatic heterocycles. The average Bonchev–Trinajstić information content (AvgIpc) is 2.29. The van der Waals surface area contributed by atoms with Gasteiger partial charge >= 0.3 is 6.09 Å². The van der Waals surface area contributed by atoms with Crippen molar-refractivity contribution in [1.29, 1.82) is 0 Å². The number of nitrogens with two attached hydrogens (primary N) is 1. The average molecular weight is 270 g/mol. The van der Waals surface area contributed by atoms with Crippen LogP contribution < -0.4 is 15.8 Å². The summed E-state index contributed by atoms with van der Waals surface area (Å²) in [5.41, 5.74) is 6.08. The lowest BCUT2D eigenvalue weighted by Crippen LogP contribution is -2.25. The van der Waals surface area contributed by atoms with Gasteiger partial charge in [0, 0.05) is 11.6 Å². The molecule has 0 radical (unpaired) electrons. The molecule has 0 aliphatic rings. The predicted molar refractivity (Wildman–Crippen MR) is 69.7 cm³/mol. The van der Waals surface area contributed by atoms with E-state index in [0.29, 0.717) is 24.3 Å². The van der Waals surface area contributed by atoms with Gasteiger partial charge in [-0.05, 0) is 38.5 Å². The van der Waals surface area contributed by atoms with Crippen molar-refractivity contribution >= 4 is 6.09 Å². The van der Waals surface area contributed by atoms with Crippen molar-refractivity contribution in [2.75, 3.05) is 6.61 Å². The van der Waals surface area contributed by atoms with Crippen molar-refractivity contribution in [1.82, 2.24) is 5.32 Å². The van der Waals surface area contributed by atoms with E-state index in [9.17, 15) is 9.18 Å². The van der Waals surface area contributed by atoms with Crippen molar-refractivity contribution in [3.05, 3.63) is 29.6 Å². The number of hydrogen-bond acceptors (Lipinski definition) is 3. The van der Waals surface area contributed by atoms with Gasteiger partial charge in [-0.3, -0.25) is 0 Å². The van der Waals surface area contributed by atoms with Crippen molar-refractivity contribution in [3.63, 3.8) is 0 Å². The van der Waals surface area contributed by atoms with Gasteiger partial charge in [0.15, 0.2) is 0 Å². The van der Waals surface area contributed by atoms with E-state index in [4.69, 9.17) is 15.6 Å². The number of rotatable bonds is 6. The molecule has 0 heterocycles. The van der Waals surface area contributed by atoms with Gasteiger partial charge in [-0.15, -0.1) is 0 Å². The Morgan fingerprint density at radius 2 is 2.21 bits per heavy atom. The van der Waals surface area contributed by atoms with Crippen LogP contribution in [0.5, 0.6) is 5.75 Å². The SMILES string of the molecule is CC(N)CCOc1ccc(F)cc1[C@@H](C)NC(=O)O. The number of nitrogens with one attached hydrogen (secondary N) is 1. The highest BCUT2D eigenvalue weighted by Gasteiger charge is 2.15. The number of benzene rings is 1. The van der Waals surface area contributed by atoms with Crippen LogP contribution in [0.4, 0.5) is 9.18 Å². The summed E-state index contributed by atoms with van der Waals surface area (Å²) in [7, 11) is 0. The van der Waals surface area contributed by atoms with Crippen LogP contribution in [-0.4, -0.2) is 23.8 Å². The molecular weight excluding hydrogens is 251 g/mol. The fourth-order valence-electron chi connectivity index (χ4n) is 1.61. The minimum atomic E-state index is -1.17. The first-order valence-electron chi connectivity index (χ1n) is 6.07. The zero-order chi connectivity index (χ0) is 14.4. The lowest BCUT2D eigenvalue weighted by Gasteiger charge is -2.17. The maximum absolute atomic E-state index is 13.2. The minimum absolute atomic E-state index is 0.0125.